The molecule has 4 heteroatoms. The van der Waals surface area contributed by atoms with Crippen molar-refractivity contribution in [2.45, 2.75) is 38.7 Å². The molecule has 2 fully saturated rings. The predicted octanol–water partition coefficient (Wildman–Crippen LogP) is 0.670. The van der Waals surface area contributed by atoms with Crippen molar-refractivity contribution in [2.24, 2.45) is 10.8 Å². The summed E-state index contributed by atoms with van der Waals surface area (Å²) >= 11 is 0. The van der Waals surface area contributed by atoms with Crippen molar-refractivity contribution in [1.29, 1.82) is 0 Å². The first kappa shape index (κ1) is 10.6. The quantitative estimate of drug-likeness (QED) is 0.512. The lowest BCUT2D eigenvalue weighted by Crippen LogP contribution is -2.50. The van der Waals surface area contributed by atoms with Crippen molar-refractivity contribution < 1.29 is 19.4 Å². The van der Waals surface area contributed by atoms with Crippen LogP contribution in [-0.2, 0) is 14.3 Å². The van der Waals surface area contributed by atoms with E-state index in [-0.39, 0.29) is 5.78 Å². The fraction of sp³-hybridized carbons (Fsp3) is 0.818. The number of aliphatic hydroxyl groups excluding tert-OH is 1. The van der Waals surface area contributed by atoms with Crippen LogP contribution in [0.25, 0.3) is 0 Å². The number of methoxy groups -OCH3 is 1. The van der Waals surface area contributed by atoms with Crippen molar-refractivity contribution >= 4 is 11.8 Å². The molecular formula is C11H16O4. The zero-order valence-corrected chi connectivity index (χ0v) is 9.08. The molecule has 4 nitrogen and oxygen atoms in total. The maximum absolute atomic E-state index is 12.2. The average molecular weight is 212 g/mol. The van der Waals surface area contributed by atoms with Gasteiger partial charge in [-0.05, 0) is 25.7 Å². The summed E-state index contributed by atoms with van der Waals surface area (Å²) in [6.07, 6.45) is 1.44. The SMILES string of the molecule is COC(=O)[C@]12CC[C@@H](O)[C@](C)(CC1)C2=O. The Labute approximate surface area is 88.6 Å². The molecule has 0 radical (unpaired) electrons. The number of esters is 1. The summed E-state index contributed by atoms with van der Waals surface area (Å²) in [5, 5.41) is 9.82. The van der Waals surface area contributed by atoms with Crippen LogP contribution >= 0.6 is 0 Å². The molecule has 0 heterocycles. The van der Waals surface area contributed by atoms with Crippen molar-refractivity contribution in [3.8, 4) is 0 Å². The average Bonchev–Trinajstić information content (AvgIpc) is 2.41. The molecule has 2 bridgehead atoms. The van der Waals surface area contributed by atoms with E-state index in [0.29, 0.717) is 25.7 Å². The van der Waals surface area contributed by atoms with Gasteiger partial charge in [0, 0.05) is 0 Å². The van der Waals surface area contributed by atoms with Gasteiger partial charge in [0.2, 0.25) is 0 Å². The highest BCUT2D eigenvalue weighted by molar-refractivity contribution is 6.08. The molecular weight excluding hydrogens is 196 g/mol. The number of ether oxygens (including phenoxy) is 1. The number of hydrogen-bond donors (Lipinski definition) is 1. The molecule has 2 aliphatic rings. The molecule has 2 rings (SSSR count). The zero-order chi connectivity index (χ0) is 11.3. The maximum Gasteiger partial charge on any atom is 0.319 e. The Morgan fingerprint density at radius 3 is 2.73 bits per heavy atom. The fourth-order valence-corrected chi connectivity index (χ4v) is 3.00. The number of Topliss-reactive ketones (excluding diaryl/α,β-unsaturated/α-hetero) is 1. The number of rotatable bonds is 1. The van der Waals surface area contributed by atoms with Crippen LogP contribution in [0, 0.1) is 10.8 Å². The zero-order valence-electron chi connectivity index (χ0n) is 9.08. The van der Waals surface area contributed by atoms with Gasteiger partial charge in [0.15, 0.2) is 5.78 Å². The molecule has 3 atom stereocenters. The van der Waals surface area contributed by atoms with Gasteiger partial charge >= 0.3 is 5.97 Å². The Hall–Kier alpha value is -0.900. The fourth-order valence-electron chi connectivity index (χ4n) is 3.00. The molecule has 2 aliphatic carbocycles. The van der Waals surface area contributed by atoms with Crippen LogP contribution in [-0.4, -0.2) is 30.1 Å². The van der Waals surface area contributed by atoms with Gasteiger partial charge in [-0.25, -0.2) is 0 Å². The van der Waals surface area contributed by atoms with Gasteiger partial charge in [-0.2, -0.15) is 0 Å². The van der Waals surface area contributed by atoms with Gasteiger partial charge < -0.3 is 9.84 Å². The molecule has 2 saturated carbocycles. The summed E-state index contributed by atoms with van der Waals surface area (Å²) in [6.45, 7) is 1.75. The topological polar surface area (TPSA) is 63.6 Å². The third-order valence-corrected chi connectivity index (χ3v) is 4.18. The van der Waals surface area contributed by atoms with E-state index in [1.54, 1.807) is 6.92 Å². The molecule has 15 heavy (non-hydrogen) atoms. The highest BCUT2D eigenvalue weighted by atomic mass is 16.5. The van der Waals surface area contributed by atoms with Crippen LogP contribution in [0.4, 0.5) is 0 Å². The molecule has 0 aromatic heterocycles. The van der Waals surface area contributed by atoms with Gasteiger partial charge in [-0.1, -0.05) is 6.92 Å². The number of carbonyl (C=O) groups is 2. The van der Waals surface area contributed by atoms with Crippen LogP contribution in [0.3, 0.4) is 0 Å². The van der Waals surface area contributed by atoms with E-state index in [0.717, 1.165) is 0 Å². The number of hydrogen-bond acceptors (Lipinski definition) is 4. The summed E-state index contributed by atoms with van der Waals surface area (Å²) in [5.74, 6) is -0.552. The van der Waals surface area contributed by atoms with Crippen molar-refractivity contribution in [3.63, 3.8) is 0 Å². The lowest BCUT2D eigenvalue weighted by Gasteiger charge is -2.37. The number of carbonyl (C=O) groups excluding carboxylic acids is 2. The Kier molecular flexibility index (Phi) is 2.15. The van der Waals surface area contributed by atoms with Crippen LogP contribution in [0.5, 0.6) is 0 Å². The Balaban J connectivity index is 2.40. The Bertz CT molecular complexity index is 321. The third kappa shape index (κ3) is 1.11. The van der Waals surface area contributed by atoms with E-state index in [4.69, 9.17) is 4.74 Å². The lowest BCUT2D eigenvalue weighted by molar-refractivity contribution is -0.164. The second-order valence-electron chi connectivity index (χ2n) is 4.87. The number of fused-ring (bicyclic) bond motifs is 2. The standard InChI is InChI=1S/C11H16O4/c1-10-5-6-11(8(10)13,9(14)15-2)4-3-7(10)12/h7,12H,3-6H2,1-2H3/t7-,10+,11-/m1/s1. The highest BCUT2D eigenvalue weighted by Crippen LogP contribution is 2.55. The maximum atomic E-state index is 12.2. The second kappa shape index (κ2) is 3.04. The lowest BCUT2D eigenvalue weighted by atomic mass is 9.67. The van der Waals surface area contributed by atoms with Crippen LogP contribution in [0.15, 0.2) is 0 Å². The van der Waals surface area contributed by atoms with E-state index >= 15 is 0 Å². The van der Waals surface area contributed by atoms with Crippen molar-refractivity contribution in [3.05, 3.63) is 0 Å². The summed E-state index contributed by atoms with van der Waals surface area (Å²) in [7, 11) is 1.31. The molecule has 0 amide bonds. The van der Waals surface area contributed by atoms with Gasteiger partial charge in [0.1, 0.15) is 5.41 Å². The first-order valence-corrected chi connectivity index (χ1v) is 5.29. The molecule has 0 aliphatic heterocycles. The van der Waals surface area contributed by atoms with E-state index in [2.05, 4.69) is 0 Å². The highest BCUT2D eigenvalue weighted by Gasteiger charge is 2.64. The summed E-state index contributed by atoms with van der Waals surface area (Å²) in [4.78, 5) is 23.9. The minimum absolute atomic E-state index is 0.124. The molecule has 84 valence electrons. The van der Waals surface area contributed by atoms with Gasteiger partial charge in [0.25, 0.3) is 0 Å². The van der Waals surface area contributed by atoms with Crippen LogP contribution in [0.1, 0.15) is 32.6 Å². The van der Waals surface area contributed by atoms with Crippen molar-refractivity contribution in [2.75, 3.05) is 7.11 Å². The van der Waals surface area contributed by atoms with E-state index in [1.165, 1.54) is 7.11 Å². The minimum atomic E-state index is -0.956. The largest absolute Gasteiger partial charge is 0.468 e. The van der Waals surface area contributed by atoms with Gasteiger partial charge in [-0.15, -0.1) is 0 Å². The van der Waals surface area contributed by atoms with Gasteiger partial charge in [-0.3, -0.25) is 9.59 Å². The number of ketones is 1. The minimum Gasteiger partial charge on any atom is -0.468 e. The van der Waals surface area contributed by atoms with Crippen LogP contribution in [0.2, 0.25) is 0 Å². The second-order valence-corrected chi connectivity index (χ2v) is 4.87. The smallest absolute Gasteiger partial charge is 0.319 e. The first-order valence-electron chi connectivity index (χ1n) is 5.29. The summed E-state index contributed by atoms with van der Waals surface area (Å²) < 4.78 is 4.72. The molecule has 0 saturated heterocycles. The molecule has 0 spiro atoms. The molecule has 0 aromatic rings. The summed E-state index contributed by atoms with van der Waals surface area (Å²) in [6, 6.07) is 0. The van der Waals surface area contributed by atoms with E-state index in [9.17, 15) is 14.7 Å². The van der Waals surface area contributed by atoms with E-state index < -0.39 is 22.9 Å². The Morgan fingerprint density at radius 2 is 2.13 bits per heavy atom. The molecule has 0 aromatic carbocycles. The normalized spacial score (nSPS) is 44.2. The van der Waals surface area contributed by atoms with Gasteiger partial charge in [0.05, 0.1) is 18.6 Å². The monoisotopic (exact) mass is 212 g/mol. The molecule has 0 unspecified atom stereocenters. The van der Waals surface area contributed by atoms with E-state index in [1.807, 2.05) is 0 Å². The number of aliphatic hydroxyl groups is 1. The summed E-state index contributed by atoms with van der Waals surface area (Å²) in [5.41, 5.74) is -1.69. The Morgan fingerprint density at radius 1 is 1.47 bits per heavy atom. The first-order chi connectivity index (χ1) is 6.97. The molecule has 1 N–H and O–H groups in total. The predicted molar refractivity (Wildman–Crippen MR) is 52.0 cm³/mol. The van der Waals surface area contributed by atoms with Crippen LogP contribution < -0.4 is 0 Å². The third-order valence-electron chi connectivity index (χ3n) is 4.18. The van der Waals surface area contributed by atoms with Crippen molar-refractivity contribution in [1.82, 2.24) is 0 Å².